The number of fused-ring (bicyclic) bond motifs is 5. The van der Waals surface area contributed by atoms with Crippen LogP contribution in [0.2, 0.25) is 0 Å². The highest BCUT2D eigenvalue weighted by atomic mass is 16.6. The van der Waals surface area contributed by atoms with E-state index in [9.17, 15) is 25.2 Å². The van der Waals surface area contributed by atoms with Crippen molar-refractivity contribution in [3.63, 3.8) is 0 Å². The van der Waals surface area contributed by atoms with Gasteiger partial charge in [0, 0.05) is 31.2 Å². The Morgan fingerprint density at radius 3 is 2.27 bits per heavy atom. The number of methoxy groups -OCH3 is 2. The van der Waals surface area contributed by atoms with E-state index in [4.69, 9.17) is 18.9 Å². The van der Waals surface area contributed by atoms with Gasteiger partial charge in [-0.05, 0) is 179 Å². The Hall–Kier alpha value is -6.82. The lowest BCUT2D eigenvalue weighted by molar-refractivity contribution is -0.178. The number of phenolic OH excluding ortho intramolecular Hbond substituents is 3. The van der Waals surface area contributed by atoms with Gasteiger partial charge in [-0.1, -0.05) is 85.7 Å². The first kappa shape index (κ1) is 48.4. The minimum atomic E-state index is -0.977. The first-order chi connectivity index (χ1) is 35.3. The highest BCUT2D eigenvalue weighted by molar-refractivity contribution is 5.99. The fourth-order valence-corrected chi connectivity index (χ4v) is 14.6. The molecule has 9 atom stereocenters. The number of hydrogen-bond acceptors (Lipinski definition) is 11. The predicted octanol–water partition coefficient (Wildman–Crippen LogP) is 10.8. The van der Waals surface area contributed by atoms with Crippen LogP contribution in [0.5, 0.6) is 28.7 Å². The summed E-state index contributed by atoms with van der Waals surface area (Å²) in [5.41, 5.74) is 6.77. The molecular weight excluding hydrogens is 919 g/mol. The van der Waals surface area contributed by atoms with E-state index in [1.54, 1.807) is 31.4 Å². The van der Waals surface area contributed by atoms with E-state index >= 15 is 4.79 Å². The summed E-state index contributed by atoms with van der Waals surface area (Å²) in [7, 11) is 4.98. The molecule has 11 heteroatoms. The molecule has 6 aromatic carbocycles. The SMILES string of the molecule is CNCc1cccc(-c2cc(O)cc3ccc(C4(C(=O)OC5CC(OC(C)=O)C6Cc7cc(OC)c(O)cc7C7CC(O)C8Cc9cc(O)c(OC)cc9C(C5)C8C76C=Cc5ccccc5)CCCC4)cc23)c1. The molecule has 3 saturated carbocycles. The Kier molecular flexibility index (Phi) is 12.8. The topological polar surface area (TPSA) is 164 Å². The molecule has 0 radical (unpaired) electrons. The number of aliphatic hydroxyl groups excluding tert-OH is 1. The molecule has 73 heavy (non-hydrogen) atoms. The zero-order valence-electron chi connectivity index (χ0n) is 42.0. The maximum Gasteiger partial charge on any atom is 0.316 e. The average Bonchev–Trinajstić information content (AvgIpc) is 3.89. The second kappa shape index (κ2) is 19.2. The largest absolute Gasteiger partial charge is 0.508 e. The van der Waals surface area contributed by atoms with Crippen molar-refractivity contribution < 1.29 is 49.0 Å². The molecule has 9 unspecified atom stereocenters. The van der Waals surface area contributed by atoms with Crippen LogP contribution in [0.1, 0.15) is 103 Å². The van der Waals surface area contributed by atoms with Gasteiger partial charge in [-0.15, -0.1) is 0 Å². The normalized spacial score (nSPS) is 26.7. The minimum Gasteiger partial charge on any atom is -0.508 e. The molecule has 5 aliphatic carbocycles. The number of nitrogens with one attached hydrogen (secondary N) is 1. The fourth-order valence-electron chi connectivity index (χ4n) is 14.6. The number of phenols is 3. The Morgan fingerprint density at radius 1 is 0.767 bits per heavy atom. The van der Waals surface area contributed by atoms with E-state index in [1.807, 2.05) is 61.6 Å². The maximum absolute atomic E-state index is 15.7. The Balaban J connectivity index is 1.08. The molecule has 0 aliphatic heterocycles. The molecule has 5 N–H and O–H groups in total. The van der Waals surface area contributed by atoms with Crippen LogP contribution >= 0.6 is 0 Å². The molecule has 0 aromatic heterocycles. The third-order valence-corrected chi connectivity index (χ3v) is 17.6. The van der Waals surface area contributed by atoms with Crippen molar-refractivity contribution in [3.05, 3.63) is 154 Å². The predicted molar refractivity (Wildman–Crippen MR) is 280 cm³/mol. The lowest BCUT2D eigenvalue weighted by atomic mass is 9.40. The van der Waals surface area contributed by atoms with Crippen LogP contribution in [0.4, 0.5) is 0 Å². The molecule has 378 valence electrons. The van der Waals surface area contributed by atoms with E-state index in [1.165, 1.54) is 14.0 Å². The first-order valence-corrected chi connectivity index (χ1v) is 26.0. The average molecular weight is 984 g/mol. The summed E-state index contributed by atoms with van der Waals surface area (Å²) in [6.45, 7) is 2.12. The van der Waals surface area contributed by atoms with Crippen molar-refractivity contribution in [1.82, 2.24) is 5.32 Å². The molecule has 0 amide bonds. The molecule has 6 aromatic rings. The van der Waals surface area contributed by atoms with Crippen LogP contribution in [0.25, 0.3) is 28.0 Å². The number of allylic oxidation sites excluding steroid dienone is 1. The molecule has 11 nitrogen and oxygen atoms in total. The van der Waals surface area contributed by atoms with Crippen LogP contribution in [-0.4, -0.2) is 71.9 Å². The summed E-state index contributed by atoms with van der Waals surface area (Å²) >= 11 is 0. The highest BCUT2D eigenvalue weighted by Gasteiger charge is 2.65. The molecule has 0 heterocycles. The van der Waals surface area contributed by atoms with Crippen molar-refractivity contribution in [2.45, 2.75) is 107 Å². The summed E-state index contributed by atoms with van der Waals surface area (Å²) in [6.07, 6.45) is 6.95. The number of benzene rings is 6. The number of carbonyl (C=O) groups is 2. The van der Waals surface area contributed by atoms with Crippen LogP contribution in [0, 0.1) is 23.2 Å². The van der Waals surface area contributed by atoms with E-state index in [-0.39, 0.29) is 59.2 Å². The number of rotatable bonds is 11. The summed E-state index contributed by atoms with van der Waals surface area (Å²) in [6, 6.07) is 35.5. The van der Waals surface area contributed by atoms with Crippen molar-refractivity contribution in [2.24, 2.45) is 23.2 Å². The summed E-state index contributed by atoms with van der Waals surface area (Å²) in [5, 5.41) is 51.4. The van der Waals surface area contributed by atoms with Gasteiger partial charge in [0.25, 0.3) is 0 Å². The number of aliphatic hydroxyl groups is 1. The van der Waals surface area contributed by atoms with E-state index in [0.717, 1.165) is 73.7 Å². The highest BCUT2D eigenvalue weighted by Crippen LogP contribution is 2.70. The maximum atomic E-state index is 15.7. The first-order valence-electron chi connectivity index (χ1n) is 26.0. The zero-order valence-corrected chi connectivity index (χ0v) is 42.0. The van der Waals surface area contributed by atoms with Gasteiger partial charge in [-0.2, -0.15) is 0 Å². The Labute approximate surface area is 426 Å². The van der Waals surface area contributed by atoms with Gasteiger partial charge in [0.2, 0.25) is 0 Å². The Morgan fingerprint density at radius 2 is 1.52 bits per heavy atom. The standard InChI is InChI=1S/C62H65NO10/c1-35(64)72-56-30-44(73-60(69)61(18-8-9-19-61)42-16-15-39-22-43(65)28-46(45(39)27-42)38-14-10-13-37(21-38)34-63-2)29-49-47-32-58(71-4)54(67)25-40(47)23-50-53(66)33-51-48-31-55(68)57(70-3)26-41(48)24-52(56)62(51,59(49)50)20-17-36-11-6-5-7-12-36/h5-7,10-17,20-22,25-28,31-32,44,49-53,56,59,63,65-68H,8-9,18-19,23-24,29-30,33-34H2,1-4H3. The molecule has 0 saturated heterocycles. The molecular formula is C62H65NO10. The van der Waals surface area contributed by atoms with Gasteiger partial charge in [0.1, 0.15) is 18.0 Å². The summed E-state index contributed by atoms with van der Waals surface area (Å²) in [5.74, 6) is -1.56. The second-order valence-corrected chi connectivity index (χ2v) is 21.5. The molecule has 5 aliphatic rings. The van der Waals surface area contributed by atoms with Crippen LogP contribution < -0.4 is 14.8 Å². The van der Waals surface area contributed by atoms with Crippen molar-refractivity contribution in [3.8, 4) is 39.9 Å². The monoisotopic (exact) mass is 983 g/mol. The molecule has 3 fully saturated rings. The van der Waals surface area contributed by atoms with Gasteiger partial charge < -0.3 is 44.7 Å². The lowest BCUT2D eigenvalue weighted by Gasteiger charge is -2.64. The number of hydrogen-bond donors (Lipinski definition) is 5. The summed E-state index contributed by atoms with van der Waals surface area (Å²) < 4.78 is 25.2. The lowest BCUT2D eigenvalue weighted by Crippen LogP contribution is -2.62. The third-order valence-electron chi connectivity index (χ3n) is 17.6. The minimum absolute atomic E-state index is 0.0129. The quantitative estimate of drug-likeness (QED) is 0.0785. The van der Waals surface area contributed by atoms with Gasteiger partial charge >= 0.3 is 11.9 Å². The fraction of sp³-hybridized carbons (Fsp3) is 0.387. The number of aromatic hydroxyl groups is 3. The smallest absolute Gasteiger partial charge is 0.316 e. The van der Waals surface area contributed by atoms with Crippen LogP contribution in [0.3, 0.4) is 0 Å². The zero-order chi connectivity index (χ0) is 50.8. The van der Waals surface area contributed by atoms with E-state index < -0.39 is 35.1 Å². The van der Waals surface area contributed by atoms with Crippen molar-refractivity contribution in [1.29, 1.82) is 0 Å². The van der Waals surface area contributed by atoms with Crippen LogP contribution in [-0.2, 0) is 43.9 Å². The second-order valence-electron chi connectivity index (χ2n) is 21.5. The third kappa shape index (κ3) is 8.38. The Bertz CT molecular complexity index is 3120. The van der Waals surface area contributed by atoms with Gasteiger partial charge in [-0.3, -0.25) is 9.59 Å². The summed E-state index contributed by atoms with van der Waals surface area (Å²) in [4.78, 5) is 29.3. The van der Waals surface area contributed by atoms with Crippen LogP contribution in [0.15, 0.2) is 115 Å². The van der Waals surface area contributed by atoms with E-state index in [2.05, 4.69) is 47.8 Å². The molecule has 0 bridgehead atoms. The van der Waals surface area contributed by atoms with E-state index in [0.29, 0.717) is 56.6 Å². The molecule has 11 rings (SSSR count). The van der Waals surface area contributed by atoms with Crippen molar-refractivity contribution in [2.75, 3.05) is 21.3 Å². The van der Waals surface area contributed by atoms with Gasteiger partial charge in [0.15, 0.2) is 23.0 Å². The number of ether oxygens (including phenoxy) is 4. The van der Waals surface area contributed by atoms with Gasteiger partial charge in [0.05, 0.1) is 25.7 Å². The number of esters is 2. The van der Waals surface area contributed by atoms with Crippen molar-refractivity contribution >= 4 is 28.8 Å². The van der Waals surface area contributed by atoms with Gasteiger partial charge in [-0.25, -0.2) is 0 Å². The number of carbonyl (C=O) groups excluding carboxylic acids is 2. The molecule has 0 spiro atoms.